The number of hydrogen-bond donors (Lipinski definition) is 1. The largest absolute Gasteiger partial charge is 0.441 e. The number of oxazole rings is 1. The Morgan fingerprint density at radius 2 is 1.90 bits per heavy atom. The Morgan fingerprint density at radius 3 is 2.65 bits per heavy atom. The first-order chi connectivity index (χ1) is 9.74. The summed E-state index contributed by atoms with van der Waals surface area (Å²) in [5, 5.41) is 3.42. The van der Waals surface area contributed by atoms with E-state index < -0.39 is 0 Å². The van der Waals surface area contributed by atoms with Crippen molar-refractivity contribution in [3.63, 3.8) is 0 Å². The normalized spacial score (nSPS) is 10.9. The van der Waals surface area contributed by atoms with E-state index >= 15 is 0 Å². The Bertz CT molecular complexity index is 713. The number of aromatic nitrogens is 1. The molecule has 3 rings (SSSR count). The molecule has 0 bridgehead atoms. The molecule has 0 radical (unpaired) electrons. The third-order valence-corrected chi connectivity index (χ3v) is 3.35. The molecule has 0 unspecified atom stereocenters. The van der Waals surface area contributed by atoms with E-state index in [2.05, 4.69) is 41.5 Å². The highest BCUT2D eigenvalue weighted by Gasteiger charge is 2.04. The lowest BCUT2D eigenvalue weighted by Crippen LogP contribution is -1.98. The molecule has 3 heteroatoms. The second kappa shape index (κ2) is 5.37. The number of benzene rings is 2. The summed E-state index contributed by atoms with van der Waals surface area (Å²) in [4.78, 5) is 4.45. The van der Waals surface area contributed by atoms with E-state index in [4.69, 9.17) is 4.42 Å². The summed E-state index contributed by atoms with van der Waals surface area (Å²) < 4.78 is 5.61. The Balaban J connectivity index is 1.75. The summed E-state index contributed by atoms with van der Waals surface area (Å²) in [6.45, 7) is 4.95. The Morgan fingerprint density at radius 1 is 1.10 bits per heavy atom. The van der Waals surface area contributed by atoms with E-state index in [-0.39, 0.29) is 0 Å². The summed E-state index contributed by atoms with van der Waals surface area (Å²) in [5.41, 5.74) is 5.38. The van der Waals surface area contributed by atoms with Crippen LogP contribution in [0.1, 0.15) is 23.9 Å². The third-order valence-electron chi connectivity index (χ3n) is 3.35. The molecule has 102 valence electrons. The van der Waals surface area contributed by atoms with Crippen molar-refractivity contribution >= 4 is 16.8 Å². The lowest BCUT2D eigenvalue weighted by atomic mass is 10.1. The highest BCUT2D eigenvalue weighted by atomic mass is 16.3. The topological polar surface area (TPSA) is 38.1 Å². The van der Waals surface area contributed by atoms with Crippen molar-refractivity contribution in [2.24, 2.45) is 0 Å². The SMILES string of the molecule is CCc1nc2cc(NCc3ccc(C)cc3)ccc2o1. The first-order valence-corrected chi connectivity index (χ1v) is 6.93. The van der Waals surface area contributed by atoms with Gasteiger partial charge >= 0.3 is 0 Å². The molecule has 0 saturated heterocycles. The van der Waals surface area contributed by atoms with Gasteiger partial charge in [-0.15, -0.1) is 0 Å². The van der Waals surface area contributed by atoms with E-state index in [0.29, 0.717) is 0 Å². The van der Waals surface area contributed by atoms with Crippen molar-refractivity contribution in [3.8, 4) is 0 Å². The molecule has 20 heavy (non-hydrogen) atoms. The predicted molar refractivity (Wildman–Crippen MR) is 81.9 cm³/mol. The minimum Gasteiger partial charge on any atom is -0.441 e. The monoisotopic (exact) mass is 266 g/mol. The number of rotatable bonds is 4. The van der Waals surface area contributed by atoms with Gasteiger partial charge in [-0.3, -0.25) is 0 Å². The highest BCUT2D eigenvalue weighted by molar-refractivity contribution is 5.77. The van der Waals surface area contributed by atoms with E-state index in [1.54, 1.807) is 0 Å². The molecular formula is C17H18N2O. The minimum absolute atomic E-state index is 0.788. The highest BCUT2D eigenvalue weighted by Crippen LogP contribution is 2.20. The first kappa shape index (κ1) is 12.7. The zero-order valence-corrected chi connectivity index (χ0v) is 11.8. The van der Waals surface area contributed by atoms with Crippen molar-refractivity contribution in [1.29, 1.82) is 0 Å². The molecule has 0 aliphatic heterocycles. The van der Waals surface area contributed by atoms with Crippen LogP contribution in [0.25, 0.3) is 11.1 Å². The molecule has 0 spiro atoms. The molecule has 0 aliphatic rings. The molecule has 0 atom stereocenters. The average Bonchev–Trinajstić information content (AvgIpc) is 2.89. The molecule has 0 aliphatic carbocycles. The number of anilines is 1. The zero-order valence-electron chi connectivity index (χ0n) is 11.8. The van der Waals surface area contributed by atoms with E-state index in [0.717, 1.165) is 35.6 Å². The third kappa shape index (κ3) is 2.67. The second-order valence-corrected chi connectivity index (χ2v) is 4.98. The number of nitrogens with zero attached hydrogens (tertiary/aromatic N) is 1. The van der Waals surface area contributed by atoms with Crippen LogP contribution in [0.3, 0.4) is 0 Å². The summed E-state index contributed by atoms with van der Waals surface area (Å²) in [6, 6.07) is 14.6. The standard InChI is InChI=1S/C17H18N2O/c1-3-17-19-15-10-14(8-9-16(15)20-17)18-11-13-6-4-12(2)5-7-13/h4-10,18H,3,11H2,1-2H3. The lowest BCUT2D eigenvalue weighted by Gasteiger charge is -2.06. The fourth-order valence-corrected chi connectivity index (χ4v) is 2.15. The molecule has 1 aromatic heterocycles. The van der Waals surface area contributed by atoms with Gasteiger partial charge in [-0.1, -0.05) is 36.8 Å². The lowest BCUT2D eigenvalue weighted by molar-refractivity contribution is 0.538. The van der Waals surface area contributed by atoms with Crippen LogP contribution in [-0.2, 0) is 13.0 Å². The van der Waals surface area contributed by atoms with Crippen molar-refractivity contribution in [2.45, 2.75) is 26.8 Å². The first-order valence-electron chi connectivity index (χ1n) is 6.93. The fraction of sp³-hybridized carbons (Fsp3) is 0.235. The molecule has 3 aromatic rings. The Labute approximate surface area is 118 Å². The van der Waals surface area contributed by atoms with Crippen molar-refractivity contribution in [2.75, 3.05) is 5.32 Å². The van der Waals surface area contributed by atoms with Gasteiger partial charge in [0.15, 0.2) is 11.5 Å². The second-order valence-electron chi connectivity index (χ2n) is 4.98. The number of fused-ring (bicyclic) bond motifs is 1. The Kier molecular flexibility index (Phi) is 3.42. The van der Waals surface area contributed by atoms with Crippen LogP contribution in [0.15, 0.2) is 46.9 Å². The van der Waals surface area contributed by atoms with E-state index in [1.165, 1.54) is 11.1 Å². The average molecular weight is 266 g/mol. The van der Waals surface area contributed by atoms with Crippen LogP contribution < -0.4 is 5.32 Å². The molecule has 0 amide bonds. The van der Waals surface area contributed by atoms with Gasteiger partial charge in [0.05, 0.1) is 0 Å². The van der Waals surface area contributed by atoms with Gasteiger partial charge in [0.25, 0.3) is 0 Å². The summed E-state index contributed by atoms with van der Waals surface area (Å²) in [6.07, 6.45) is 0.820. The van der Waals surface area contributed by atoms with Crippen LogP contribution in [0.4, 0.5) is 5.69 Å². The van der Waals surface area contributed by atoms with Crippen molar-refractivity contribution < 1.29 is 4.42 Å². The summed E-state index contributed by atoms with van der Waals surface area (Å²) >= 11 is 0. The smallest absolute Gasteiger partial charge is 0.195 e. The fourth-order valence-electron chi connectivity index (χ4n) is 2.15. The van der Waals surface area contributed by atoms with E-state index in [1.807, 2.05) is 25.1 Å². The molecule has 0 saturated carbocycles. The minimum atomic E-state index is 0.788. The molecule has 2 aromatic carbocycles. The van der Waals surface area contributed by atoms with Gasteiger partial charge in [0.2, 0.25) is 0 Å². The van der Waals surface area contributed by atoms with Crippen molar-refractivity contribution in [1.82, 2.24) is 4.98 Å². The quantitative estimate of drug-likeness (QED) is 0.764. The van der Waals surface area contributed by atoms with Gasteiger partial charge in [-0.2, -0.15) is 0 Å². The molecule has 1 heterocycles. The Hall–Kier alpha value is -2.29. The van der Waals surface area contributed by atoms with Gasteiger partial charge in [0.1, 0.15) is 5.52 Å². The summed E-state index contributed by atoms with van der Waals surface area (Å²) in [5.74, 6) is 0.788. The van der Waals surface area contributed by atoms with Gasteiger partial charge in [-0.25, -0.2) is 4.98 Å². The molecule has 3 nitrogen and oxygen atoms in total. The maximum absolute atomic E-state index is 5.61. The van der Waals surface area contributed by atoms with Crippen LogP contribution >= 0.6 is 0 Å². The van der Waals surface area contributed by atoms with Gasteiger partial charge < -0.3 is 9.73 Å². The predicted octanol–water partition coefficient (Wildman–Crippen LogP) is 4.31. The van der Waals surface area contributed by atoms with Crippen molar-refractivity contribution in [3.05, 3.63) is 59.5 Å². The summed E-state index contributed by atoms with van der Waals surface area (Å²) in [7, 11) is 0. The van der Waals surface area contributed by atoms with Crippen LogP contribution in [-0.4, -0.2) is 4.98 Å². The van der Waals surface area contributed by atoms with Crippen LogP contribution in [0.2, 0.25) is 0 Å². The van der Waals surface area contributed by atoms with Gasteiger partial charge in [0, 0.05) is 18.7 Å². The number of hydrogen-bond acceptors (Lipinski definition) is 3. The van der Waals surface area contributed by atoms with Crippen LogP contribution in [0.5, 0.6) is 0 Å². The molecule has 0 fully saturated rings. The number of aryl methyl sites for hydroxylation is 2. The molecular weight excluding hydrogens is 248 g/mol. The maximum Gasteiger partial charge on any atom is 0.195 e. The maximum atomic E-state index is 5.61. The molecule has 1 N–H and O–H groups in total. The zero-order chi connectivity index (χ0) is 13.9. The van der Waals surface area contributed by atoms with Gasteiger partial charge in [-0.05, 0) is 30.7 Å². The van der Waals surface area contributed by atoms with Crippen LogP contribution in [0, 0.1) is 6.92 Å². The number of nitrogens with one attached hydrogen (secondary N) is 1. The van der Waals surface area contributed by atoms with E-state index in [9.17, 15) is 0 Å².